The molecular formula is C25H28Cl2F3N5O2. The molecular weight excluding hydrogens is 530 g/mol. The Labute approximate surface area is 222 Å². The first-order chi connectivity index (χ1) is 17.3. The molecule has 12 heteroatoms. The van der Waals surface area contributed by atoms with Gasteiger partial charge < -0.3 is 15.7 Å². The Balaban J connectivity index is 1.42. The van der Waals surface area contributed by atoms with Crippen LogP contribution in [0.4, 0.5) is 13.2 Å². The van der Waals surface area contributed by atoms with E-state index in [4.69, 9.17) is 23.2 Å². The van der Waals surface area contributed by atoms with Crippen LogP contribution in [-0.4, -0.2) is 43.5 Å². The molecule has 0 unspecified atom stereocenters. The molecule has 7 nitrogen and oxygen atoms in total. The first-order valence-electron chi connectivity index (χ1n) is 11.9. The molecule has 4 rings (SSSR count). The number of carbonyl (C=O) groups excluding carboxylic acids is 1. The van der Waals surface area contributed by atoms with E-state index in [-0.39, 0.29) is 47.3 Å². The largest absolute Gasteiger partial charge is 0.433 e. The molecule has 0 bridgehead atoms. The molecule has 3 aromatic rings. The van der Waals surface area contributed by atoms with Gasteiger partial charge >= 0.3 is 6.18 Å². The number of benzene rings is 1. The number of nitrogens with zero attached hydrogens (tertiary/aromatic N) is 3. The average Bonchev–Trinajstić information content (AvgIpc) is 3.15. The normalized spacial score (nSPS) is 18.8. The number of rotatable bonds is 7. The number of aliphatic hydroxyl groups is 1. The first-order valence-corrected chi connectivity index (χ1v) is 12.7. The van der Waals surface area contributed by atoms with Gasteiger partial charge in [0.15, 0.2) is 5.15 Å². The topological polar surface area (TPSA) is 92.1 Å². The van der Waals surface area contributed by atoms with Gasteiger partial charge in [0.1, 0.15) is 5.69 Å². The van der Waals surface area contributed by atoms with Gasteiger partial charge in [0.2, 0.25) is 0 Å². The fourth-order valence-corrected chi connectivity index (χ4v) is 5.01. The van der Waals surface area contributed by atoms with E-state index < -0.39 is 17.5 Å². The van der Waals surface area contributed by atoms with E-state index in [1.54, 1.807) is 19.9 Å². The second kappa shape index (κ2) is 10.8. The lowest BCUT2D eigenvalue weighted by molar-refractivity contribution is -0.141. The highest BCUT2D eigenvalue weighted by Crippen LogP contribution is 2.32. The number of aromatic nitrogens is 3. The van der Waals surface area contributed by atoms with Crippen molar-refractivity contribution in [1.29, 1.82) is 0 Å². The third-order valence-corrected chi connectivity index (χ3v) is 6.76. The zero-order valence-corrected chi connectivity index (χ0v) is 21.9. The third-order valence-electron chi connectivity index (χ3n) is 6.25. The molecule has 1 aromatic carbocycles. The minimum Gasteiger partial charge on any atom is -0.389 e. The van der Waals surface area contributed by atoms with Crippen molar-refractivity contribution in [1.82, 2.24) is 25.4 Å². The quantitative estimate of drug-likeness (QED) is 0.363. The summed E-state index contributed by atoms with van der Waals surface area (Å²) in [5, 5.41) is 21.5. The van der Waals surface area contributed by atoms with Gasteiger partial charge in [-0.15, -0.1) is 0 Å². The number of carbonyl (C=O) groups is 1. The van der Waals surface area contributed by atoms with Crippen molar-refractivity contribution in [3.05, 3.63) is 57.5 Å². The Kier molecular flexibility index (Phi) is 8.04. The second-order valence-electron chi connectivity index (χ2n) is 10.1. The Morgan fingerprint density at radius 3 is 2.62 bits per heavy atom. The lowest BCUT2D eigenvalue weighted by atomic mass is 9.90. The van der Waals surface area contributed by atoms with Gasteiger partial charge in [-0.3, -0.25) is 9.48 Å². The summed E-state index contributed by atoms with van der Waals surface area (Å²) in [4.78, 5) is 16.6. The van der Waals surface area contributed by atoms with Gasteiger partial charge in [-0.2, -0.15) is 18.3 Å². The number of pyridine rings is 1. The maximum atomic E-state index is 13.4. The van der Waals surface area contributed by atoms with E-state index in [1.807, 2.05) is 0 Å². The summed E-state index contributed by atoms with van der Waals surface area (Å²) in [5.74, 6) is -0.359. The van der Waals surface area contributed by atoms with Crippen molar-refractivity contribution >= 4 is 40.0 Å². The van der Waals surface area contributed by atoms with Crippen molar-refractivity contribution in [2.75, 3.05) is 0 Å². The third kappa shape index (κ3) is 7.13. The summed E-state index contributed by atoms with van der Waals surface area (Å²) in [7, 11) is 0. The Hall–Kier alpha value is -2.40. The molecule has 200 valence electrons. The molecule has 0 radical (unpaired) electrons. The summed E-state index contributed by atoms with van der Waals surface area (Å²) in [6.07, 6.45) is -0.0169. The number of hydrogen-bond donors (Lipinski definition) is 3. The van der Waals surface area contributed by atoms with Gasteiger partial charge in [-0.05, 0) is 69.4 Å². The smallest absolute Gasteiger partial charge is 0.389 e. The van der Waals surface area contributed by atoms with Crippen molar-refractivity contribution in [2.24, 2.45) is 0 Å². The molecule has 1 amide bonds. The molecule has 1 fully saturated rings. The van der Waals surface area contributed by atoms with E-state index in [2.05, 4.69) is 20.7 Å². The molecule has 2 heterocycles. The molecule has 2 aromatic heterocycles. The summed E-state index contributed by atoms with van der Waals surface area (Å²) in [6.45, 7) is 3.64. The number of nitrogens with one attached hydrogen (secondary N) is 2. The summed E-state index contributed by atoms with van der Waals surface area (Å²) >= 11 is 12.2. The zero-order chi connectivity index (χ0) is 27.0. The minimum atomic E-state index is -4.56. The number of hydrogen-bond acceptors (Lipinski definition) is 5. The van der Waals surface area contributed by atoms with Gasteiger partial charge in [-0.25, -0.2) is 4.98 Å². The van der Waals surface area contributed by atoms with Gasteiger partial charge in [-0.1, -0.05) is 23.2 Å². The van der Waals surface area contributed by atoms with E-state index >= 15 is 0 Å². The summed E-state index contributed by atoms with van der Waals surface area (Å²) in [5.41, 5.74) is -1.06. The van der Waals surface area contributed by atoms with Crippen LogP contribution in [0.2, 0.25) is 10.2 Å². The summed E-state index contributed by atoms with van der Waals surface area (Å²) < 4.78 is 41.7. The van der Waals surface area contributed by atoms with Gasteiger partial charge in [0.25, 0.3) is 5.91 Å². The SMILES string of the molecule is CC(C)(O)Cn1cc(C(=O)N[C@@H]2CCC[C@H](NCc3cc(C(F)(F)F)nc4ccc(Cl)cc34)C2)c(Cl)n1. The molecule has 0 spiro atoms. The van der Waals surface area contributed by atoms with Crippen LogP contribution in [0.5, 0.6) is 0 Å². The van der Waals surface area contributed by atoms with Gasteiger partial charge in [0.05, 0.1) is 23.2 Å². The predicted octanol–water partition coefficient (Wildman–Crippen LogP) is 5.36. The molecule has 1 saturated carbocycles. The lowest BCUT2D eigenvalue weighted by Crippen LogP contribution is -2.44. The molecule has 1 aliphatic rings. The Morgan fingerprint density at radius 1 is 1.19 bits per heavy atom. The molecule has 37 heavy (non-hydrogen) atoms. The highest BCUT2D eigenvalue weighted by atomic mass is 35.5. The van der Waals surface area contributed by atoms with Crippen LogP contribution in [0.15, 0.2) is 30.5 Å². The minimum absolute atomic E-state index is 0.0100. The molecule has 1 aliphatic carbocycles. The van der Waals surface area contributed by atoms with Crippen LogP contribution in [0, 0.1) is 0 Å². The van der Waals surface area contributed by atoms with Crippen LogP contribution in [0.3, 0.4) is 0 Å². The lowest BCUT2D eigenvalue weighted by Gasteiger charge is -2.30. The number of halogens is 5. The number of alkyl halides is 3. The highest BCUT2D eigenvalue weighted by molar-refractivity contribution is 6.32. The Morgan fingerprint density at radius 2 is 1.92 bits per heavy atom. The molecule has 2 atom stereocenters. The fourth-order valence-electron chi connectivity index (χ4n) is 4.61. The van der Waals surface area contributed by atoms with Crippen molar-refractivity contribution in [3.8, 4) is 0 Å². The van der Waals surface area contributed by atoms with Crippen molar-refractivity contribution in [2.45, 2.75) is 76.5 Å². The van der Waals surface area contributed by atoms with Crippen molar-refractivity contribution in [3.63, 3.8) is 0 Å². The van der Waals surface area contributed by atoms with Gasteiger partial charge in [0, 0.05) is 35.2 Å². The number of amides is 1. The predicted molar refractivity (Wildman–Crippen MR) is 136 cm³/mol. The standard InChI is InChI=1S/C25H28Cl2F3N5O2/c1-24(2,37)13-35-12-19(22(27)34-35)23(36)32-17-5-3-4-16(10-17)31-11-14-8-21(25(28,29)30)33-20-7-6-15(26)9-18(14)20/h6-9,12,16-17,31,37H,3-5,10-11,13H2,1-2H3,(H,32,36)/t16-,17+/m0/s1. The monoisotopic (exact) mass is 557 g/mol. The average molecular weight is 558 g/mol. The molecule has 3 N–H and O–H groups in total. The van der Waals surface area contributed by atoms with E-state index in [9.17, 15) is 23.1 Å². The van der Waals surface area contributed by atoms with Crippen LogP contribution < -0.4 is 10.6 Å². The molecule has 0 saturated heterocycles. The van der Waals surface area contributed by atoms with Crippen LogP contribution in [-0.2, 0) is 19.3 Å². The molecule has 0 aliphatic heterocycles. The fraction of sp³-hybridized carbons (Fsp3) is 0.480. The zero-order valence-electron chi connectivity index (χ0n) is 20.4. The van der Waals surface area contributed by atoms with Crippen molar-refractivity contribution < 1.29 is 23.1 Å². The first kappa shape index (κ1) is 27.6. The second-order valence-corrected chi connectivity index (χ2v) is 10.9. The van der Waals surface area contributed by atoms with Crippen LogP contribution in [0.1, 0.15) is 61.1 Å². The number of fused-ring (bicyclic) bond motifs is 1. The van der Waals surface area contributed by atoms with E-state index in [0.717, 1.165) is 25.3 Å². The van der Waals surface area contributed by atoms with Crippen LogP contribution in [0.25, 0.3) is 10.9 Å². The Bertz CT molecular complexity index is 1290. The van der Waals surface area contributed by atoms with E-state index in [1.165, 1.54) is 23.0 Å². The maximum Gasteiger partial charge on any atom is 0.433 e. The maximum absolute atomic E-state index is 13.4. The van der Waals surface area contributed by atoms with Crippen LogP contribution >= 0.6 is 23.2 Å². The highest BCUT2D eigenvalue weighted by Gasteiger charge is 2.33. The summed E-state index contributed by atoms with van der Waals surface area (Å²) in [6, 6.07) is 5.53. The van der Waals surface area contributed by atoms with E-state index in [0.29, 0.717) is 22.4 Å².